The van der Waals surface area contributed by atoms with Crippen molar-refractivity contribution < 1.29 is 85.6 Å². The van der Waals surface area contributed by atoms with Crippen molar-refractivity contribution in [2.45, 2.75) is 51.5 Å². The average molecular weight is 914 g/mol. The number of unbranched alkanes of at least 4 members (excludes halogenated alkanes) is 2. The summed E-state index contributed by atoms with van der Waals surface area (Å²) in [4.78, 5) is 74.2. The van der Waals surface area contributed by atoms with Crippen molar-refractivity contribution >= 4 is 41.2 Å². The van der Waals surface area contributed by atoms with Crippen molar-refractivity contribution in [2.75, 3.05) is 157 Å². The Kier molecular flexibility index (Phi) is 30.0. The van der Waals surface area contributed by atoms with Crippen LogP contribution in [0.1, 0.15) is 66.2 Å². The molecule has 21 heteroatoms. The standard InChI is InChI=1S/C43H67N3O18/c1-34(47)64-33-32-63-31-30-62-29-28-61-27-26-60-25-24-59-23-22-58-21-20-57-19-18-56-17-16-55-15-14-54-13-12-53-11-4-2-3-8-38(48)44-36-7-5-6-35-40(36)43(52)46(42(35)51)37-9-10-39(49)45-41(37)50/h5-7,37H,2-4,8-33H2,1H3,(H,44,48)(H,45,49,50). The lowest BCUT2D eigenvalue weighted by molar-refractivity contribution is -0.142. The summed E-state index contributed by atoms with van der Waals surface area (Å²) < 4.78 is 64.9. The van der Waals surface area contributed by atoms with Gasteiger partial charge in [-0.05, 0) is 31.4 Å². The molecule has 0 bridgehead atoms. The molecule has 2 aliphatic heterocycles. The summed E-state index contributed by atoms with van der Waals surface area (Å²) in [5.41, 5.74) is 0.371. The fourth-order valence-electron chi connectivity index (χ4n) is 6.04. The topological polar surface area (TPSA) is 240 Å². The molecule has 362 valence electrons. The second-order valence-corrected chi connectivity index (χ2v) is 14.1. The van der Waals surface area contributed by atoms with Gasteiger partial charge in [-0.2, -0.15) is 0 Å². The number of amides is 5. The van der Waals surface area contributed by atoms with E-state index in [-0.39, 0.29) is 54.6 Å². The number of esters is 1. The van der Waals surface area contributed by atoms with Crippen LogP contribution in [0.2, 0.25) is 0 Å². The molecule has 1 atom stereocenters. The molecule has 5 amide bonds. The SMILES string of the molecule is CC(=O)OCCOCCOCCOCCOCCOCCOCCOCCOCCOCCOCCOCCCCCC(=O)Nc1cccc2c1C(=O)N(C1CCC(=O)NC1=O)C2=O. The van der Waals surface area contributed by atoms with Crippen LogP contribution in [0, 0.1) is 0 Å². The van der Waals surface area contributed by atoms with Crippen LogP contribution in [-0.4, -0.2) is 198 Å². The maximum absolute atomic E-state index is 13.2. The molecular weight excluding hydrogens is 846 g/mol. The quantitative estimate of drug-likeness (QED) is 0.0535. The van der Waals surface area contributed by atoms with Crippen molar-refractivity contribution in [3.8, 4) is 0 Å². The van der Waals surface area contributed by atoms with Gasteiger partial charge in [0, 0.05) is 26.4 Å². The van der Waals surface area contributed by atoms with Crippen LogP contribution < -0.4 is 10.6 Å². The molecule has 2 heterocycles. The molecule has 0 aliphatic carbocycles. The summed E-state index contributed by atoms with van der Waals surface area (Å²) in [7, 11) is 0. The molecule has 2 aliphatic rings. The molecular formula is C43H67N3O18. The van der Waals surface area contributed by atoms with Crippen molar-refractivity contribution in [3.05, 3.63) is 29.3 Å². The van der Waals surface area contributed by atoms with Crippen molar-refractivity contribution in [2.24, 2.45) is 0 Å². The monoisotopic (exact) mass is 913 g/mol. The van der Waals surface area contributed by atoms with E-state index in [0.29, 0.717) is 152 Å². The zero-order valence-electron chi connectivity index (χ0n) is 37.1. The summed E-state index contributed by atoms with van der Waals surface area (Å²) in [6, 6.07) is 3.52. The zero-order valence-corrected chi connectivity index (χ0v) is 37.1. The van der Waals surface area contributed by atoms with E-state index in [9.17, 15) is 28.8 Å². The Morgan fingerprint density at radius 3 is 1.41 bits per heavy atom. The fourth-order valence-corrected chi connectivity index (χ4v) is 6.04. The molecule has 0 saturated carbocycles. The summed E-state index contributed by atoms with van der Waals surface area (Å²) >= 11 is 0. The van der Waals surface area contributed by atoms with Gasteiger partial charge in [0.1, 0.15) is 12.6 Å². The molecule has 1 unspecified atom stereocenters. The van der Waals surface area contributed by atoms with E-state index in [1.54, 1.807) is 12.1 Å². The molecule has 0 spiro atoms. The number of nitrogens with one attached hydrogen (secondary N) is 2. The highest BCUT2D eigenvalue weighted by molar-refractivity contribution is 6.26. The van der Waals surface area contributed by atoms with Crippen LogP contribution in [0.5, 0.6) is 0 Å². The number of carbonyl (C=O) groups excluding carboxylic acids is 6. The first kappa shape index (κ1) is 54.3. The number of rotatable bonds is 41. The number of piperidine rings is 1. The fraction of sp³-hybridized carbons (Fsp3) is 0.721. The lowest BCUT2D eigenvalue weighted by atomic mass is 10.0. The maximum atomic E-state index is 13.2. The third kappa shape index (κ3) is 23.8. The van der Waals surface area contributed by atoms with Crippen molar-refractivity contribution in [3.63, 3.8) is 0 Å². The number of benzene rings is 1. The van der Waals surface area contributed by atoms with Gasteiger partial charge in [0.05, 0.1) is 156 Å². The number of ether oxygens (including phenoxy) is 12. The Hall–Kier alpha value is -4.00. The summed E-state index contributed by atoms with van der Waals surface area (Å²) in [6.07, 6.45) is 2.42. The van der Waals surface area contributed by atoms with E-state index in [4.69, 9.17) is 56.8 Å². The Bertz CT molecular complexity index is 1520. The minimum absolute atomic E-state index is 0.0247. The van der Waals surface area contributed by atoms with Gasteiger partial charge in [-0.1, -0.05) is 12.5 Å². The number of hydrogen-bond donors (Lipinski definition) is 2. The number of anilines is 1. The molecule has 1 fully saturated rings. The van der Waals surface area contributed by atoms with Crippen molar-refractivity contribution in [1.82, 2.24) is 10.2 Å². The smallest absolute Gasteiger partial charge is 0.302 e. The average Bonchev–Trinajstić information content (AvgIpc) is 3.53. The normalized spacial score (nSPS) is 14.9. The molecule has 64 heavy (non-hydrogen) atoms. The molecule has 2 N–H and O–H groups in total. The van der Waals surface area contributed by atoms with Gasteiger partial charge in [0.15, 0.2) is 0 Å². The van der Waals surface area contributed by atoms with Gasteiger partial charge in [0.2, 0.25) is 17.7 Å². The minimum Gasteiger partial charge on any atom is -0.463 e. The van der Waals surface area contributed by atoms with Gasteiger partial charge in [0.25, 0.3) is 11.8 Å². The molecule has 0 radical (unpaired) electrons. The van der Waals surface area contributed by atoms with Crippen LogP contribution in [-0.2, 0) is 76.0 Å². The van der Waals surface area contributed by atoms with E-state index >= 15 is 0 Å². The van der Waals surface area contributed by atoms with Gasteiger partial charge in [-0.15, -0.1) is 0 Å². The first-order valence-corrected chi connectivity index (χ1v) is 21.9. The van der Waals surface area contributed by atoms with E-state index in [0.717, 1.165) is 17.7 Å². The van der Waals surface area contributed by atoms with Crippen molar-refractivity contribution in [1.29, 1.82) is 0 Å². The predicted molar refractivity (Wildman–Crippen MR) is 226 cm³/mol. The molecule has 21 nitrogen and oxygen atoms in total. The Labute approximate surface area is 374 Å². The number of hydrogen-bond acceptors (Lipinski definition) is 18. The van der Waals surface area contributed by atoms with Crippen LogP contribution >= 0.6 is 0 Å². The van der Waals surface area contributed by atoms with Crippen LogP contribution in [0.4, 0.5) is 5.69 Å². The summed E-state index contributed by atoms with van der Waals surface area (Å²) in [5, 5.41) is 4.90. The number of imide groups is 2. The van der Waals surface area contributed by atoms with Gasteiger partial charge in [-0.3, -0.25) is 39.0 Å². The summed E-state index contributed by atoms with van der Waals surface area (Å²) in [5.74, 6) is -3.06. The Balaban J connectivity index is 0.978. The second-order valence-electron chi connectivity index (χ2n) is 14.1. The van der Waals surface area contributed by atoms with E-state index in [2.05, 4.69) is 10.6 Å². The molecule has 1 aromatic carbocycles. The van der Waals surface area contributed by atoms with E-state index < -0.39 is 29.7 Å². The number of carbonyl (C=O) groups is 6. The van der Waals surface area contributed by atoms with Gasteiger partial charge >= 0.3 is 5.97 Å². The minimum atomic E-state index is -1.08. The number of fused-ring (bicyclic) bond motifs is 1. The summed E-state index contributed by atoms with van der Waals surface area (Å²) in [6.45, 7) is 11.6. The highest BCUT2D eigenvalue weighted by Crippen LogP contribution is 2.32. The van der Waals surface area contributed by atoms with Gasteiger partial charge < -0.3 is 62.2 Å². The molecule has 1 saturated heterocycles. The van der Waals surface area contributed by atoms with Crippen LogP contribution in [0.25, 0.3) is 0 Å². The van der Waals surface area contributed by atoms with E-state index in [1.165, 1.54) is 13.0 Å². The zero-order chi connectivity index (χ0) is 45.9. The van der Waals surface area contributed by atoms with Crippen LogP contribution in [0.15, 0.2) is 18.2 Å². The molecule has 1 aromatic rings. The maximum Gasteiger partial charge on any atom is 0.302 e. The Morgan fingerprint density at radius 2 is 0.984 bits per heavy atom. The lowest BCUT2D eigenvalue weighted by Crippen LogP contribution is -2.54. The first-order chi connectivity index (χ1) is 31.3. The van der Waals surface area contributed by atoms with Gasteiger partial charge in [-0.25, -0.2) is 0 Å². The van der Waals surface area contributed by atoms with Crippen LogP contribution in [0.3, 0.4) is 0 Å². The largest absolute Gasteiger partial charge is 0.463 e. The second kappa shape index (κ2) is 35.3. The lowest BCUT2D eigenvalue weighted by Gasteiger charge is -2.27. The highest BCUT2D eigenvalue weighted by atomic mass is 16.6. The predicted octanol–water partition coefficient (Wildman–Crippen LogP) is 1.33. The van der Waals surface area contributed by atoms with E-state index in [1.807, 2.05) is 0 Å². The Morgan fingerprint density at radius 1 is 0.562 bits per heavy atom. The third-order valence-corrected chi connectivity index (χ3v) is 9.19. The number of nitrogens with zero attached hydrogens (tertiary/aromatic N) is 1. The molecule has 3 rings (SSSR count). The molecule has 0 aromatic heterocycles. The first-order valence-electron chi connectivity index (χ1n) is 21.9. The third-order valence-electron chi connectivity index (χ3n) is 9.19. The highest BCUT2D eigenvalue weighted by Gasteiger charge is 2.45.